The van der Waals surface area contributed by atoms with Gasteiger partial charge in [-0.15, -0.1) is 0 Å². The summed E-state index contributed by atoms with van der Waals surface area (Å²) >= 11 is 0. The lowest BCUT2D eigenvalue weighted by molar-refractivity contribution is 0.160. The Morgan fingerprint density at radius 2 is 1.76 bits per heavy atom. The highest BCUT2D eigenvalue weighted by atomic mass is 32.2. The fraction of sp³-hybridized carbons (Fsp3) is 0.536. The average Bonchev–Trinajstić information content (AvgIpc) is 3.50. The summed E-state index contributed by atoms with van der Waals surface area (Å²) in [5, 5.41) is 4.40. The van der Waals surface area contributed by atoms with Crippen LogP contribution in [0.2, 0.25) is 0 Å². The van der Waals surface area contributed by atoms with Crippen LogP contribution in [0.3, 0.4) is 0 Å². The average molecular weight is 521 g/mol. The number of nitrogens with one attached hydrogen (secondary N) is 1. The van der Waals surface area contributed by atoms with Crippen LogP contribution in [0.1, 0.15) is 73.8 Å². The molecule has 1 aliphatic carbocycles. The normalized spacial score (nSPS) is 22.8. The summed E-state index contributed by atoms with van der Waals surface area (Å²) in [7, 11) is -2.83. The third-order valence-electron chi connectivity index (χ3n) is 8.68. The summed E-state index contributed by atoms with van der Waals surface area (Å²) in [4.78, 5) is 15.8. The Morgan fingerprint density at radius 3 is 2.46 bits per heavy atom. The highest BCUT2D eigenvalue weighted by Crippen LogP contribution is 2.39. The van der Waals surface area contributed by atoms with Gasteiger partial charge < -0.3 is 4.98 Å². The molecular formula is C28H36N6O2S. The molecule has 9 heteroatoms. The first kappa shape index (κ1) is 24.6. The van der Waals surface area contributed by atoms with Crippen LogP contribution in [0.4, 0.5) is 0 Å². The van der Waals surface area contributed by atoms with Gasteiger partial charge in [-0.3, -0.25) is 9.88 Å². The van der Waals surface area contributed by atoms with Gasteiger partial charge in [-0.25, -0.2) is 17.9 Å². The van der Waals surface area contributed by atoms with E-state index in [0.29, 0.717) is 42.5 Å². The van der Waals surface area contributed by atoms with E-state index in [2.05, 4.69) is 66.0 Å². The van der Waals surface area contributed by atoms with Crippen LogP contribution in [0.5, 0.6) is 0 Å². The minimum Gasteiger partial charge on any atom is -0.353 e. The van der Waals surface area contributed by atoms with E-state index < -0.39 is 9.84 Å². The second-order valence-corrected chi connectivity index (χ2v) is 13.5. The van der Waals surface area contributed by atoms with Gasteiger partial charge in [0.25, 0.3) is 0 Å². The molecule has 4 aromatic heterocycles. The maximum atomic E-state index is 11.8. The summed E-state index contributed by atoms with van der Waals surface area (Å²) in [6, 6.07) is 4.90. The largest absolute Gasteiger partial charge is 0.353 e. The second-order valence-electron chi connectivity index (χ2n) is 11.2. The van der Waals surface area contributed by atoms with Crippen molar-refractivity contribution in [1.82, 2.24) is 29.5 Å². The molecule has 196 valence electrons. The first-order chi connectivity index (χ1) is 17.7. The molecule has 0 aromatic carbocycles. The van der Waals surface area contributed by atoms with Gasteiger partial charge in [0.2, 0.25) is 0 Å². The number of sulfone groups is 1. The number of H-pyrrole nitrogens is 1. The summed E-state index contributed by atoms with van der Waals surface area (Å²) < 4.78 is 25.5. The predicted molar refractivity (Wildman–Crippen MR) is 147 cm³/mol. The SMILES string of the molecule is Cc1c(-c2[nH]c3ccc([C@H]4CC[C@@H](N5CCS(=O)(=O)CC5)CC4)nc3c2C(C)C)cn2ncnc2c1C. The Kier molecular flexibility index (Phi) is 6.11. The minimum absolute atomic E-state index is 0.307. The van der Waals surface area contributed by atoms with E-state index >= 15 is 0 Å². The van der Waals surface area contributed by atoms with E-state index in [4.69, 9.17) is 4.98 Å². The van der Waals surface area contributed by atoms with Crippen molar-refractivity contribution < 1.29 is 8.42 Å². The van der Waals surface area contributed by atoms with Gasteiger partial charge in [-0.2, -0.15) is 5.10 Å². The Hall–Kier alpha value is -2.78. The predicted octanol–water partition coefficient (Wildman–Crippen LogP) is 4.77. The van der Waals surface area contributed by atoms with Crippen LogP contribution in [0, 0.1) is 13.8 Å². The van der Waals surface area contributed by atoms with Gasteiger partial charge >= 0.3 is 0 Å². The molecule has 0 amide bonds. The number of nitrogens with zero attached hydrogens (tertiary/aromatic N) is 5. The smallest absolute Gasteiger partial charge is 0.158 e. The van der Waals surface area contributed by atoms with Gasteiger partial charge in [0, 0.05) is 48.1 Å². The molecule has 1 saturated heterocycles. The van der Waals surface area contributed by atoms with Crippen molar-refractivity contribution >= 4 is 26.5 Å². The number of fused-ring (bicyclic) bond motifs is 2. The zero-order valence-electron chi connectivity index (χ0n) is 22.2. The van der Waals surface area contributed by atoms with Crippen molar-refractivity contribution in [2.45, 2.75) is 71.3 Å². The molecular weight excluding hydrogens is 484 g/mol. The van der Waals surface area contributed by atoms with Crippen molar-refractivity contribution in [3.8, 4) is 11.3 Å². The quantitative estimate of drug-likeness (QED) is 0.416. The van der Waals surface area contributed by atoms with Crippen molar-refractivity contribution in [3.05, 3.63) is 47.0 Å². The number of hydrogen-bond acceptors (Lipinski definition) is 6. The molecule has 0 spiro atoms. The molecule has 5 heterocycles. The number of pyridine rings is 2. The minimum atomic E-state index is -2.83. The molecule has 37 heavy (non-hydrogen) atoms. The zero-order valence-corrected chi connectivity index (χ0v) is 23.0. The molecule has 2 aliphatic rings. The lowest BCUT2D eigenvalue weighted by Crippen LogP contribution is -2.47. The fourth-order valence-electron chi connectivity index (χ4n) is 6.39. The monoisotopic (exact) mass is 520 g/mol. The molecule has 1 aliphatic heterocycles. The van der Waals surface area contributed by atoms with Crippen LogP contribution < -0.4 is 0 Å². The molecule has 6 rings (SSSR count). The topological polar surface area (TPSA) is 96.2 Å². The summed E-state index contributed by atoms with van der Waals surface area (Å²) in [6.45, 7) is 10.1. The van der Waals surface area contributed by atoms with E-state index in [1.807, 2.05) is 4.52 Å². The van der Waals surface area contributed by atoms with Gasteiger partial charge in [-0.05, 0) is 68.7 Å². The van der Waals surface area contributed by atoms with Crippen LogP contribution in [0.15, 0.2) is 24.7 Å². The van der Waals surface area contributed by atoms with Crippen molar-refractivity contribution in [3.63, 3.8) is 0 Å². The number of hydrogen-bond donors (Lipinski definition) is 1. The van der Waals surface area contributed by atoms with E-state index in [-0.39, 0.29) is 0 Å². The molecule has 0 atom stereocenters. The third kappa shape index (κ3) is 4.36. The lowest BCUT2D eigenvalue weighted by Gasteiger charge is -2.38. The second kappa shape index (κ2) is 9.20. The molecule has 0 unspecified atom stereocenters. The summed E-state index contributed by atoms with van der Waals surface area (Å²) in [5.74, 6) is 1.37. The Morgan fingerprint density at radius 1 is 1.03 bits per heavy atom. The maximum absolute atomic E-state index is 11.8. The Balaban J connectivity index is 1.30. The van der Waals surface area contributed by atoms with Crippen molar-refractivity contribution in [1.29, 1.82) is 0 Å². The summed E-state index contributed by atoms with van der Waals surface area (Å²) in [5.41, 5.74) is 10.1. The van der Waals surface area contributed by atoms with Gasteiger partial charge in [0.05, 0.1) is 28.2 Å². The van der Waals surface area contributed by atoms with E-state index in [1.165, 1.54) is 16.8 Å². The number of aromatic nitrogens is 5. The number of rotatable bonds is 4. The molecule has 2 fully saturated rings. The lowest BCUT2D eigenvalue weighted by atomic mass is 9.83. The van der Waals surface area contributed by atoms with E-state index in [9.17, 15) is 8.42 Å². The molecule has 0 radical (unpaired) electrons. The van der Waals surface area contributed by atoms with E-state index in [0.717, 1.165) is 59.2 Å². The number of aryl methyl sites for hydroxylation is 1. The van der Waals surface area contributed by atoms with Gasteiger partial charge in [0.15, 0.2) is 15.5 Å². The third-order valence-corrected chi connectivity index (χ3v) is 10.3. The van der Waals surface area contributed by atoms with E-state index in [1.54, 1.807) is 6.33 Å². The molecule has 8 nitrogen and oxygen atoms in total. The molecule has 1 N–H and O–H groups in total. The standard InChI is InChI=1S/C28H36N6O2S/c1-17(2)25-26(22-15-34-28(29-16-30-34)19(4)18(22)3)32-24-10-9-23(31-27(24)25)20-5-7-21(8-6-20)33-11-13-37(35,36)14-12-33/h9-10,15-17,20-21,32H,5-8,11-14H2,1-4H3/t20-,21+. The fourth-order valence-corrected chi connectivity index (χ4v) is 7.61. The van der Waals surface area contributed by atoms with Gasteiger partial charge in [-0.1, -0.05) is 13.8 Å². The first-order valence-electron chi connectivity index (χ1n) is 13.5. The van der Waals surface area contributed by atoms with Crippen LogP contribution in [-0.4, -0.2) is 68.5 Å². The van der Waals surface area contributed by atoms with Crippen molar-refractivity contribution in [2.75, 3.05) is 24.6 Å². The Labute approximate surface area is 218 Å². The number of aromatic amines is 1. The van der Waals surface area contributed by atoms with Crippen LogP contribution in [-0.2, 0) is 9.84 Å². The van der Waals surface area contributed by atoms with Crippen molar-refractivity contribution in [2.24, 2.45) is 0 Å². The molecule has 1 saturated carbocycles. The molecule has 4 aromatic rings. The highest BCUT2D eigenvalue weighted by Gasteiger charge is 2.31. The zero-order chi connectivity index (χ0) is 25.9. The van der Waals surface area contributed by atoms with Crippen LogP contribution >= 0.6 is 0 Å². The Bertz CT molecular complexity index is 1560. The highest BCUT2D eigenvalue weighted by molar-refractivity contribution is 7.91. The van der Waals surface area contributed by atoms with Crippen LogP contribution in [0.25, 0.3) is 27.9 Å². The van der Waals surface area contributed by atoms with Gasteiger partial charge in [0.1, 0.15) is 6.33 Å². The summed E-state index contributed by atoms with van der Waals surface area (Å²) in [6.07, 6.45) is 8.10. The maximum Gasteiger partial charge on any atom is 0.158 e. The molecule has 0 bridgehead atoms. The first-order valence-corrected chi connectivity index (χ1v) is 15.3.